The van der Waals surface area contributed by atoms with Crippen LogP contribution in [0.25, 0.3) is 0 Å². The highest BCUT2D eigenvalue weighted by atomic mass is 79.9. The topological polar surface area (TPSA) is 40.5 Å². The Bertz CT molecular complexity index is 238. The highest BCUT2D eigenvalue weighted by Gasteiger charge is 2.15. The standard InChI is InChI=1S/C21H43BrO2/c1-2-3-4-5-6-7-8-9-10-11-12-13-14-15-16-17-18-19-20-21(22,23)24/h23-24H,2-20H2,1H3. The second kappa shape index (κ2) is 18.2. The normalized spacial score (nSPS) is 12.0. The molecule has 146 valence electrons. The van der Waals surface area contributed by atoms with Gasteiger partial charge in [-0.05, 0) is 22.4 Å². The number of unbranched alkanes of at least 4 members (excludes halogenated alkanes) is 17. The number of halogens is 1. The molecule has 0 bridgehead atoms. The second-order valence-electron chi connectivity index (χ2n) is 7.48. The first-order valence-electron chi connectivity index (χ1n) is 10.7. The summed E-state index contributed by atoms with van der Waals surface area (Å²) >= 11 is 2.84. The molecule has 0 aliphatic carbocycles. The van der Waals surface area contributed by atoms with Gasteiger partial charge in [0, 0.05) is 6.42 Å². The van der Waals surface area contributed by atoms with E-state index >= 15 is 0 Å². The van der Waals surface area contributed by atoms with Crippen LogP contribution in [-0.4, -0.2) is 14.9 Å². The number of aliphatic hydroxyl groups is 2. The lowest BCUT2D eigenvalue weighted by Gasteiger charge is -2.12. The predicted octanol–water partition coefficient (Wildman–Crippen LogP) is 7.45. The van der Waals surface area contributed by atoms with Gasteiger partial charge in [-0.25, -0.2) is 0 Å². The SMILES string of the molecule is CCCCCCCCCCCCCCCCCCCCC(O)(O)Br. The quantitative estimate of drug-likeness (QED) is 0.133. The summed E-state index contributed by atoms with van der Waals surface area (Å²) < 4.78 is -1.65. The van der Waals surface area contributed by atoms with E-state index < -0.39 is 4.70 Å². The molecule has 0 atom stereocenters. The maximum Gasteiger partial charge on any atom is 0.221 e. The van der Waals surface area contributed by atoms with Gasteiger partial charge in [0.15, 0.2) is 0 Å². The molecule has 0 radical (unpaired) electrons. The molecule has 0 saturated carbocycles. The fraction of sp³-hybridized carbons (Fsp3) is 1.00. The first kappa shape index (κ1) is 24.4. The Hall–Kier alpha value is 0.400. The van der Waals surface area contributed by atoms with E-state index in [4.69, 9.17) is 10.2 Å². The summed E-state index contributed by atoms with van der Waals surface area (Å²) in [5, 5.41) is 18.2. The van der Waals surface area contributed by atoms with Crippen molar-refractivity contribution < 1.29 is 10.2 Å². The van der Waals surface area contributed by atoms with Crippen molar-refractivity contribution in [3.8, 4) is 0 Å². The van der Waals surface area contributed by atoms with Crippen molar-refractivity contribution in [2.45, 2.75) is 134 Å². The molecule has 0 fully saturated rings. The van der Waals surface area contributed by atoms with E-state index in [0.29, 0.717) is 6.42 Å². The van der Waals surface area contributed by atoms with Gasteiger partial charge in [0.05, 0.1) is 0 Å². The molecular weight excluding hydrogens is 364 g/mol. The Labute approximate surface area is 159 Å². The lowest BCUT2D eigenvalue weighted by molar-refractivity contribution is -0.0753. The minimum Gasteiger partial charge on any atom is -0.357 e. The van der Waals surface area contributed by atoms with E-state index in [-0.39, 0.29) is 0 Å². The van der Waals surface area contributed by atoms with Gasteiger partial charge in [-0.15, -0.1) is 0 Å². The third kappa shape index (κ3) is 22.4. The van der Waals surface area contributed by atoms with Crippen LogP contribution >= 0.6 is 15.9 Å². The van der Waals surface area contributed by atoms with Gasteiger partial charge < -0.3 is 10.2 Å². The van der Waals surface area contributed by atoms with Crippen molar-refractivity contribution in [2.75, 3.05) is 0 Å². The molecule has 24 heavy (non-hydrogen) atoms. The molecule has 0 unspecified atom stereocenters. The number of alkyl halides is 1. The van der Waals surface area contributed by atoms with Crippen LogP contribution < -0.4 is 0 Å². The molecule has 0 rings (SSSR count). The molecule has 0 aromatic carbocycles. The van der Waals surface area contributed by atoms with Crippen molar-refractivity contribution in [1.29, 1.82) is 0 Å². The van der Waals surface area contributed by atoms with Crippen molar-refractivity contribution >= 4 is 15.9 Å². The largest absolute Gasteiger partial charge is 0.357 e. The van der Waals surface area contributed by atoms with Gasteiger partial charge in [0.2, 0.25) is 4.70 Å². The summed E-state index contributed by atoms with van der Waals surface area (Å²) in [6, 6.07) is 0. The van der Waals surface area contributed by atoms with Gasteiger partial charge >= 0.3 is 0 Å². The molecule has 0 aliphatic heterocycles. The number of rotatable bonds is 19. The van der Waals surface area contributed by atoms with Crippen molar-refractivity contribution in [3.63, 3.8) is 0 Å². The van der Waals surface area contributed by atoms with E-state index in [0.717, 1.165) is 12.8 Å². The molecule has 0 heterocycles. The van der Waals surface area contributed by atoms with E-state index in [1.54, 1.807) is 0 Å². The molecule has 3 heteroatoms. The zero-order valence-electron chi connectivity index (χ0n) is 16.2. The van der Waals surface area contributed by atoms with Crippen LogP contribution in [0.3, 0.4) is 0 Å². The zero-order chi connectivity index (χ0) is 17.9. The van der Waals surface area contributed by atoms with E-state index in [1.807, 2.05) is 0 Å². The molecule has 0 spiro atoms. The minimum absolute atomic E-state index is 0.422. The fourth-order valence-corrected chi connectivity index (χ4v) is 3.53. The Morgan fingerprint density at radius 1 is 0.500 bits per heavy atom. The maximum atomic E-state index is 9.12. The van der Waals surface area contributed by atoms with E-state index in [2.05, 4.69) is 22.9 Å². The average molecular weight is 407 g/mol. The molecule has 2 nitrogen and oxygen atoms in total. The van der Waals surface area contributed by atoms with Gasteiger partial charge in [-0.1, -0.05) is 116 Å². The summed E-state index contributed by atoms with van der Waals surface area (Å²) in [6.07, 6.45) is 24.8. The van der Waals surface area contributed by atoms with Crippen molar-refractivity contribution in [3.05, 3.63) is 0 Å². The van der Waals surface area contributed by atoms with Crippen LogP contribution in [0.15, 0.2) is 0 Å². The second-order valence-corrected chi connectivity index (χ2v) is 8.75. The summed E-state index contributed by atoms with van der Waals surface area (Å²) in [5.41, 5.74) is 0. The molecule has 0 aromatic heterocycles. The van der Waals surface area contributed by atoms with Crippen LogP contribution in [0.4, 0.5) is 0 Å². The lowest BCUT2D eigenvalue weighted by atomic mass is 10.0. The summed E-state index contributed by atoms with van der Waals surface area (Å²) in [6.45, 7) is 2.28. The first-order valence-corrected chi connectivity index (χ1v) is 11.5. The Morgan fingerprint density at radius 2 is 0.750 bits per heavy atom. The Kier molecular flexibility index (Phi) is 18.5. The van der Waals surface area contributed by atoms with Gasteiger partial charge in [0.1, 0.15) is 0 Å². The predicted molar refractivity (Wildman–Crippen MR) is 109 cm³/mol. The Balaban J connectivity index is 3.00. The Morgan fingerprint density at radius 3 is 1.00 bits per heavy atom. The average Bonchev–Trinajstić information content (AvgIpc) is 2.52. The number of hydrogen-bond acceptors (Lipinski definition) is 2. The highest BCUT2D eigenvalue weighted by molar-refractivity contribution is 9.09. The van der Waals surface area contributed by atoms with Gasteiger partial charge in [-0.3, -0.25) is 0 Å². The monoisotopic (exact) mass is 406 g/mol. The van der Waals surface area contributed by atoms with Crippen LogP contribution in [0.5, 0.6) is 0 Å². The molecule has 0 aliphatic rings. The minimum atomic E-state index is -1.65. The highest BCUT2D eigenvalue weighted by Crippen LogP contribution is 2.19. The summed E-state index contributed by atoms with van der Waals surface area (Å²) in [5.74, 6) is 0. The summed E-state index contributed by atoms with van der Waals surface area (Å²) in [7, 11) is 0. The molecule has 0 aromatic rings. The van der Waals surface area contributed by atoms with Crippen molar-refractivity contribution in [2.24, 2.45) is 0 Å². The molecular formula is C21H43BrO2. The van der Waals surface area contributed by atoms with E-state index in [1.165, 1.54) is 103 Å². The molecule has 0 amide bonds. The third-order valence-electron chi connectivity index (χ3n) is 4.85. The van der Waals surface area contributed by atoms with E-state index in [9.17, 15) is 0 Å². The third-order valence-corrected chi connectivity index (χ3v) is 5.24. The smallest absolute Gasteiger partial charge is 0.221 e. The molecule has 2 N–H and O–H groups in total. The van der Waals surface area contributed by atoms with Crippen molar-refractivity contribution in [1.82, 2.24) is 0 Å². The first-order chi connectivity index (χ1) is 11.6. The van der Waals surface area contributed by atoms with Crippen LogP contribution in [-0.2, 0) is 0 Å². The van der Waals surface area contributed by atoms with Gasteiger partial charge in [0.25, 0.3) is 0 Å². The van der Waals surface area contributed by atoms with Crippen LogP contribution in [0, 0.1) is 0 Å². The zero-order valence-corrected chi connectivity index (χ0v) is 17.8. The van der Waals surface area contributed by atoms with Crippen LogP contribution in [0.1, 0.15) is 129 Å². The number of hydrogen-bond donors (Lipinski definition) is 2. The van der Waals surface area contributed by atoms with Gasteiger partial charge in [-0.2, -0.15) is 0 Å². The maximum absolute atomic E-state index is 9.12. The summed E-state index contributed by atoms with van der Waals surface area (Å²) in [4.78, 5) is 0. The fourth-order valence-electron chi connectivity index (χ4n) is 3.25. The lowest BCUT2D eigenvalue weighted by Crippen LogP contribution is -2.17. The van der Waals surface area contributed by atoms with Crippen LogP contribution in [0.2, 0.25) is 0 Å². The molecule has 0 saturated heterocycles.